The average Bonchev–Trinajstić information content (AvgIpc) is 2.53. The highest BCUT2D eigenvalue weighted by Gasteiger charge is 2.20. The fourth-order valence-electron chi connectivity index (χ4n) is 0.744. The molecule has 0 aliphatic carbocycles. The topological polar surface area (TPSA) is 34.1 Å². The molecule has 1 aromatic rings. The van der Waals surface area contributed by atoms with Crippen LogP contribution in [-0.4, -0.2) is 10.9 Å². The average molecular weight is 200 g/mol. The highest BCUT2D eigenvalue weighted by Crippen LogP contribution is 2.15. The van der Waals surface area contributed by atoms with Gasteiger partial charge in [-0.05, 0) is 18.4 Å². The fraction of sp³-hybridized carbons (Fsp3) is 0.250. The standard InChI is InChI=1S/C8H8O2S2/c1-5(8(10)11)7(9)6-3-2-4-12-6/h2-5H,1H3,(H,10,11). The highest BCUT2D eigenvalue weighted by atomic mass is 32.1. The van der Waals surface area contributed by atoms with Gasteiger partial charge in [0.25, 0.3) is 0 Å². The minimum Gasteiger partial charge on any atom is -0.292 e. The number of rotatable bonds is 3. The van der Waals surface area contributed by atoms with Crippen LogP contribution in [0, 0.1) is 5.92 Å². The van der Waals surface area contributed by atoms with E-state index in [1.54, 1.807) is 19.1 Å². The molecule has 12 heavy (non-hydrogen) atoms. The molecule has 0 radical (unpaired) electrons. The smallest absolute Gasteiger partial charge is 0.196 e. The molecule has 0 amide bonds. The van der Waals surface area contributed by atoms with Crippen LogP contribution in [0.1, 0.15) is 16.6 Å². The van der Waals surface area contributed by atoms with Gasteiger partial charge in [-0.25, -0.2) is 0 Å². The minimum absolute atomic E-state index is 0.148. The van der Waals surface area contributed by atoms with Crippen molar-refractivity contribution < 1.29 is 9.59 Å². The zero-order valence-electron chi connectivity index (χ0n) is 6.48. The first-order chi connectivity index (χ1) is 5.63. The Morgan fingerprint density at radius 1 is 1.58 bits per heavy atom. The molecule has 4 heteroatoms. The van der Waals surface area contributed by atoms with Crippen LogP contribution in [-0.2, 0) is 4.79 Å². The lowest BCUT2D eigenvalue weighted by Crippen LogP contribution is -2.15. The van der Waals surface area contributed by atoms with Crippen molar-refractivity contribution in [1.29, 1.82) is 0 Å². The summed E-state index contributed by atoms with van der Waals surface area (Å²) in [6.45, 7) is 1.57. The summed E-state index contributed by atoms with van der Waals surface area (Å²) in [5.41, 5.74) is 0. The molecule has 1 heterocycles. The van der Waals surface area contributed by atoms with E-state index in [1.165, 1.54) is 11.3 Å². The number of carbonyl (C=O) groups is 2. The molecule has 0 aliphatic rings. The maximum Gasteiger partial charge on any atom is 0.196 e. The lowest BCUT2D eigenvalue weighted by atomic mass is 10.1. The van der Waals surface area contributed by atoms with E-state index in [2.05, 4.69) is 12.6 Å². The summed E-state index contributed by atoms with van der Waals surface area (Å²) in [5.74, 6) is -0.781. The van der Waals surface area contributed by atoms with Crippen molar-refractivity contribution in [3.8, 4) is 0 Å². The minimum atomic E-state index is -0.632. The van der Waals surface area contributed by atoms with Crippen LogP contribution in [0.3, 0.4) is 0 Å². The van der Waals surface area contributed by atoms with Crippen molar-refractivity contribution in [3.63, 3.8) is 0 Å². The zero-order valence-corrected chi connectivity index (χ0v) is 8.19. The van der Waals surface area contributed by atoms with E-state index in [4.69, 9.17) is 0 Å². The maximum atomic E-state index is 11.4. The summed E-state index contributed by atoms with van der Waals surface area (Å²) in [6, 6.07) is 3.49. The fourth-order valence-corrected chi connectivity index (χ4v) is 1.62. The first-order valence-electron chi connectivity index (χ1n) is 3.43. The molecule has 1 unspecified atom stereocenters. The Hall–Kier alpha value is -0.610. The van der Waals surface area contributed by atoms with Gasteiger partial charge in [0.1, 0.15) is 0 Å². The molecule has 0 aromatic carbocycles. The second kappa shape index (κ2) is 3.87. The molecule has 0 bridgehead atoms. The number of hydrogen-bond acceptors (Lipinski definition) is 3. The van der Waals surface area contributed by atoms with E-state index in [9.17, 15) is 9.59 Å². The third kappa shape index (κ3) is 1.95. The Balaban J connectivity index is 2.79. The molecule has 64 valence electrons. The van der Waals surface area contributed by atoms with Gasteiger partial charge in [0.15, 0.2) is 10.9 Å². The number of ketones is 1. The molecule has 0 saturated heterocycles. The van der Waals surface area contributed by atoms with E-state index < -0.39 is 5.92 Å². The largest absolute Gasteiger partial charge is 0.292 e. The van der Waals surface area contributed by atoms with Crippen molar-refractivity contribution >= 4 is 34.9 Å². The molecule has 1 rings (SSSR count). The van der Waals surface area contributed by atoms with Crippen molar-refractivity contribution in [2.45, 2.75) is 6.92 Å². The Bertz CT molecular complexity index is 290. The molecular formula is C8H8O2S2. The van der Waals surface area contributed by atoms with Crippen LogP contribution in [0.2, 0.25) is 0 Å². The van der Waals surface area contributed by atoms with E-state index in [-0.39, 0.29) is 10.9 Å². The molecule has 0 N–H and O–H groups in total. The third-order valence-corrected chi connectivity index (χ3v) is 2.80. The van der Waals surface area contributed by atoms with Gasteiger partial charge in [-0.15, -0.1) is 24.0 Å². The lowest BCUT2D eigenvalue weighted by molar-refractivity contribution is -0.112. The van der Waals surface area contributed by atoms with Crippen LogP contribution < -0.4 is 0 Å². The number of thiol groups is 1. The van der Waals surface area contributed by atoms with Crippen molar-refractivity contribution in [2.24, 2.45) is 5.92 Å². The van der Waals surface area contributed by atoms with Gasteiger partial charge in [-0.3, -0.25) is 9.59 Å². The molecule has 0 spiro atoms. The van der Waals surface area contributed by atoms with Gasteiger partial charge in [-0.1, -0.05) is 6.07 Å². The van der Waals surface area contributed by atoms with Crippen LogP contribution in [0.5, 0.6) is 0 Å². The van der Waals surface area contributed by atoms with Crippen molar-refractivity contribution in [1.82, 2.24) is 0 Å². The highest BCUT2D eigenvalue weighted by molar-refractivity contribution is 7.96. The van der Waals surface area contributed by atoms with Crippen LogP contribution in [0.25, 0.3) is 0 Å². The normalized spacial score (nSPS) is 12.5. The van der Waals surface area contributed by atoms with Crippen LogP contribution in [0.4, 0.5) is 0 Å². The van der Waals surface area contributed by atoms with Crippen LogP contribution in [0.15, 0.2) is 17.5 Å². The molecule has 0 saturated carbocycles. The SMILES string of the molecule is CC(C(=O)S)C(=O)c1cccs1. The van der Waals surface area contributed by atoms with Gasteiger partial charge >= 0.3 is 0 Å². The molecule has 1 aromatic heterocycles. The zero-order chi connectivity index (χ0) is 9.14. The number of hydrogen-bond donors (Lipinski definition) is 1. The van der Waals surface area contributed by atoms with E-state index >= 15 is 0 Å². The first kappa shape index (κ1) is 9.48. The monoisotopic (exact) mass is 200 g/mol. The second-order valence-electron chi connectivity index (χ2n) is 2.40. The van der Waals surface area contributed by atoms with Crippen molar-refractivity contribution in [2.75, 3.05) is 0 Å². The lowest BCUT2D eigenvalue weighted by Gasteiger charge is -2.01. The van der Waals surface area contributed by atoms with Gasteiger partial charge in [0.05, 0.1) is 10.8 Å². The Morgan fingerprint density at radius 3 is 2.67 bits per heavy atom. The van der Waals surface area contributed by atoms with Crippen LogP contribution >= 0.6 is 24.0 Å². The summed E-state index contributed by atoms with van der Waals surface area (Å²) < 4.78 is 0. The summed E-state index contributed by atoms with van der Waals surface area (Å²) in [5, 5.41) is 1.43. The summed E-state index contributed by atoms with van der Waals surface area (Å²) in [4.78, 5) is 22.7. The Morgan fingerprint density at radius 2 is 2.25 bits per heavy atom. The van der Waals surface area contributed by atoms with Crippen molar-refractivity contribution in [3.05, 3.63) is 22.4 Å². The van der Waals surface area contributed by atoms with E-state index in [0.29, 0.717) is 4.88 Å². The Labute approximate surface area is 80.0 Å². The third-order valence-electron chi connectivity index (χ3n) is 1.53. The van der Waals surface area contributed by atoms with E-state index in [0.717, 1.165) is 0 Å². The van der Waals surface area contributed by atoms with Gasteiger partial charge < -0.3 is 0 Å². The van der Waals surface area contributed by atoms with Gasteiger partial charge in [0, 0.05) is 0 Å². The summed E-state index contributed by atoms with van der Waals surface area (Å²) in [6.07, 6.45) is 0. The number of carbonyl (C=O) groups excluding carboxylic acids is 2. The molecule has 0 fully saturated rings. The summed E-state index contributed by atoms with van der Waals surface area (Å²) in [7, 11) is 0. The molecular weight excluding hydrogens is 192 g/mol. The predicted octanol–water partition coefficient (Wildman–Crippen LogP) is 2.02. The molecule has 1 atom stereocenters. The summed E-state index contributed by atoms with van der Waals surface area (Å²) >= 11 is 4.95. The second-order valence-corrected chi connectivity index (χ2v) is 3.79. The Kier molecular flexibility index (Phi) is 3.05. The quantitative estimate of drug-likeness (QED) is 0.460. The van der Waals surface area contributed by atoms with E-state index in [1.807, 2.05) is 5.38 Å². The number of Topliss-reactive ketones (excluding diaryl/α,β-unsaturated/α-hetero) is 1. The first-order valence-corrected chi connectivity index (χ1v) is 4.76. The number of thiophene rings is 1. The molecule has 2 nitrogen and oxygen atoms in total. The molecule has 0 aliphatic heterocycles. The van der Waals surface area contributed by atoms with Gasteiger partial charge in [0.2, 0.25) is 0 Å². The maximum absolute atomic E-state index is 11.4. The van der Waals surface area contributed by atoms with Gasteiger partial charge in [-0.2, -0.15) is 0 Å². The predicted molar refractivity (Wildman–Crippen MR) is 51.8 cm³/mol.